The van der Waals surface area contributed by atoms with Crippen LogP contribution in [-0.4, -0.2) is 49.4 Å². The van der Waals surface area contributed by atoms with Gasteiger partial charge < -0.3 is 15.5 Å². The van der Waals surface area contributed by atoms with Crippen LogP contribution in [-0.2, 0) is 4.79 Å². The Hall–Kier alpha value is -3.64. The molecule has 4 rings (SSSR count). The van der Waals surface area contributed by atoms with Crippen molar-refractivity contribution in [1.29, 1.82) is 0 Å². The maximum absolute atomic E-state index is 12.8. The van der Waals surface area contributed by atoms with Crippen LogP contribution in [0.3, 0.4) is 0 Å². The van der Waals surface area contributed by atoms with Crippen molar-refractivity contribution in [3.05, 3.63) is 89.5 Å². The van der Waals surface area contributed by atoms with Crippen molar-refractivity contribution in [3.63, 3.8) is 0 Å². The molecule has 1 heterocycles. The Balaban J connectivity index is 1.33. The van der Waals surface area contributed by atoms with Crippen molar-refractivity contribution < 1.29 is 9.59 Å². The Morgan fingerprint density at radius 2 is 1.48 bits per heavy atom. The number of piperazine rings is 1. The largest absolute Gasteiger partial charge is 0.369 e. The molecule has 0 saturated carbocycles. The molecule has 1 saturated heterocycles. The zero-order valence-corrected chi connectivity index (χ0v) is 19.2. The average Bonchev–Trinajstić information content (AvgIpc) is 2.80. The molecule has 1 aliphatic heterocycles. The average molecular weight is 443 g/mol. The standard InChI is InChI=1S/C27H30N4O2/c1-20-7-5-9-22(17-20)28-27(33)24-11-3-4-12-25(24)29-26(32)19-30-13-15-31(16-14-30)23-10-6-8-21(2)18-23/h3-12,17-18H,13-16,19H2,1-2H3,(H,28,33)(H,29,32). The van der Waals surface area contributed by atoms with Crippen LogP contribution in [0.5, 0.6) is 0 Å². The van der Waals surface area contributed by atoms with Gasteiger partial charge >= 0.3 is 0 Å². The van der Waals surface area contributed by atoms with Gasteiger partial charge in [-0.15, -0.1) is 0 Å². The molecule has 3 aromatic rings. The number of aryl methyl sites for hydroxylation is 2. The summed E-state index contributed by atoms with van der Waals surface area (Å²) in [6.45, 7) is 7.77. The van der Waals surface area contributed by atoms with Gasteiger partial charge in [-0.2, -0.15) is 0 Å². The molecule has 0 unspecified atom stereocenters. The van der Waals surface area contributed by atoms with Crippen molar-refractivity contribution in [3.8, 4) is 0 Å². The van der Waals surface area contributed by atoms with Crippen LogP contribution in [0.1, 0.15) is 21.5 Å². The fourth-order valence-corrected chi connectivity index (χ4v) is 4.09. The number of carbonyl (C=O) groups excluding carboxylic acids is 2. The zero-order valence-electron chi connectivity index (χ0n) is 19.2. The van der Waals surface area contributed by atoms with Gasteiger partial charge in [0.25, 0.3) is 5.91 Å². The molecule has 170 valence electrons. The first kappa shape index (κ1) is 22.6. The van der Waals surface area contributed by atoms with E-state index in [2.05, 4.69) is 51.6 Å². The lowest BCUT2D eigenvalue weighted by Crippen LogP contribution is -2.48. The predicted molar refractivity (Wildman–Crippen MR) is 134 cm³/mol. The highest BCUT2D eigenvalue weighted by Crippen LogP contribution is 2.20. The number of hydrogen-bond acceptors (Lipinski definition) is 4. The van der Waals surface area contributed by atoms with Crippen molar-refractivity contribution in [2.45, 2.75) is 13.8 Å². The van der Waals surface area contributed by atoms with E-state index < -0.39 is 0 Å². The van der Waals surface area contributed by atoms with Gasteiger partial charge in [-0.05, 0) is 61.4 Å². The Kier molecular flexibility index (Phi) is 7.05. The molecule has 0 aromatic heterocycles. The first-order valence-corrected chi connectivity index (χ1v) is 11.3. The van der Waals surface area contributed by atoms with E-state index in [-0.39, 0.29) is 11.8 Å². The SMILES string of the molecule is Cc1cccc(NC(=O)c2ccccc2NC(=O)CN2CCN(c3cccc(C)c3)CC2)c1. The number of rotatable bonds is 6. The fraction of sp³-hybridized carbons (Fsp3) is 0.259. The van der Waals surface area contributed by atoms with E-state index in [1.807, 2.05) is 37.3 Å². The lowest BCUT2D eigenvalue weighted by Gasteiger charge is -2.35. The summed E-state index contributed by atoms with van der Waals surface area (Å²) >= 11 is 0. The molecule has 1 fully saturated rings. The van der Waals surface area contributed by atoms with E-state index in [9.17, 15) is 9.59 Å². The van der Waals surface area contributed by atoms with Gasteiger partial charge in [0.1, 0.15) is 0 Å². The summed E-state index contributed by atoms with van der Waals surface area (Å²) in [7, 11) is 0. The van der Waals surface area contributed by atoms with Gasteiger partial charge in [0.05, 0.1) is 17.8 Å². The number of carbonyl (C=O) groups is 2. The minimum absolute atomic E-state index is 0.116. The van der Waals surface area contributed by atoms with Crippen molar-refractivity contribution in [2.75, 3.05) is 48.3 Å². The van der Waals surface area contributed by atoms with E-state index in [4.69, 9.17) is 0 Å². The highest BCUT2D eigenvalue weighted by atomic mass is 16.2. The first-order valence-electron chi connectivity index (χ1n) is 11.3. The lowest BCUT2D eigenvalue weighted by molar-refractivity contribution is -0.117. The second kappa shape index (κ2) is 10.3. The summed E-state index contributed by atoms with van der Waals surface area (Å²) in [5.41, 5.74) is 5.24. The van der Waals surface area contributed by atoms with E-state index in [0.29, 0.717) is 17.8 Å². The molecular weight excluding hydrogens is 412 g/mol. The van der Waals surface area contributed by atoms with Gasteiger partial charge in [-0.25, -0.2) is 0 Å². The van der Waals surface area contributed by atoms with Gasteiger partial charge in [0, 0.05) is 37.6 Å². The molecule has 1 aliphatic rings. The molecule has 2 N–H and O–H groups in total. The number of para-hydroxylation sites is 1. The third kappa shape index (κ3) is 5.99. The molecule has 0 bridgehead atoms. The molecule has 3 aromatic carbocycles. The van der Waals surface area contributed by atoms with Gasteiger partial charge in [0.2, 0.25) is 5.91 Å². The third-order valence-electron chi connectivity index (χ3n) is 5.83. The third-order valence-corrected chi connectivity index (χ3v) is 5.83. The number of benzene rings is 3. The summed E-state index contributed by atoms with van der Waals surface area (Å²) < 4.78 is 0. The molecule has 0 aliphatic carbocycles. The number of amides is 2. The molecule has 0 spiro atoms. The van der Waals surface area contributed by atoms with Crippen molar-refractivity contribution >= 4 is 28.9 Å². The quantitative estimate of drug-likeness (QED) is 0.597. The topological polar surface area (TPSA) is 64.7 Å². The highest BCUT2D eigenvalue weighted by molar-refractivity contribution is 6.10. The molecule has 0 radical (unpaired) electrons. The summed E-state index contributed by atoms with van der Waals surface area (Å²) in [5, 5.41) is 5.84. The Morgan fingerprint density at radius 1 is 0.788 bits per heavy atom. The number of hydrogen-bond donors (Lipinski definition) is 2. The second-order valence-electron chi connectivity index (χ2n) is 8.52. The maximum Gasteiger partial charge on any atom is 0.257 e. The van der Waals surface area contributed by atoms with Crippen LogP contribution in [0.15, 0.2) is 72.8 Å². The molecule has 6 heteroatoms. The Labute approximate surface area is 195 Å². The second-order valence-corrected chi connectivity index (χ2v) is 8.52. The van der Waals surface area contributed by atoms with Crippen LogP contribution >= 0.6 is 0 Å². The maximum atomic E-state index is 12.8. The van der Waals surface area contributed by atoms with E-state index in [1.165, 1.54) is 11.3 Å². The first-order chi connectivity index (χ1) is 16.0. The zero-order chi connectivity index (χ0) is 23.2. The lowest BCUT2D eigenvalue weighted by atomic mass is 10.1. The number of anilines is 3. The van der Waals surface area contributed by atoms with Crippen LogP contribution in [0.4, 0.5) is 17.1 Å². The van der Waals surface area contributed by atoms with Crippen molar-refractivity contribution in [2.24, 2.45) is 0 Å². The fourth-order valence-electron chi connectivity index (χ4n) is 4.09. The van der Waals surface area contributed by atoms with Crippen LogP contribution in [0.2, 0.25) is 0 Å². The summed E-state index contributed by atoms with van der Waals surface area (Å²) in [6.07, 6.45) is 0. The van der Waals surface area contributed by atoms with Gasteiger partial charge in [-0.3, -0.25) is 14.5 Å². The van der Waals surface area contributed by atoms with Crippen LogP contribution in [0.25, 0.3) is 0 Å². The number of nitrogens with one attached hydrogen (secondary N) is 2. The van der Waals surface area contributed by atoms with Crippen LogP contribution < -0.4 is 15.5 Å². The minimum atomic E-state index is -0.247. The smallest absolute Gasteiger partial charge is 0.257 e. The highest BCUT2D eigenvalue weighted by Gasteiger charge is 2.20. The predicted octanol–water partition coefficient (Wildman–Crippen LogP) is 4.32. The van der Waals surface area contributed by atoms with E-state index in [1.54, 1.807) is 18.2 Å². The molecule has 2 amide bonds. The van der Waals surface area contributed by atoms with Gasteiger partial charge in [0.15, 0.2) is 0 Å². The van der Waals surface area contributed by atoms with Crippen LogP contribution in [0, 0.1) is 13.8 Å². The summed E-state index contributed by atoms with van der Waals surface area (Å²) in [6, 6.07) is 23.3. The number of nitrogens with zero attached hydrogens (tertiary/aromatic N) is 2. The normalized spacial score (nSPS) is 14.1. The molecular formula is C27H30N4O2. The minimum Gasteiger partial charge on any atom is -0.369 e. The Morgan fingerprint density at radius 3 is 2.21 bits per heavy atom. The van der Waals surface area contributed by atoms with E-state index >= 15 is 0 Å². The summed E-state index contributed by atoms with van der Waals surface area (Å²) in [4.78, 5) is 30.1. The van der Waals surface area contributed by atoms with Crippen molar-refractivity contribution in [1.82, 2.24) is 4.90 Å². The van der Waals surface area contributed by atoms with E-state index in [0.717, 1.165) is 37.4 Å². The molecule has 0 atom stereocenters. The monoisotopic (exact) mass is 442 g/mol. The summed E-state index contributed by atoms with van der Waals surface area (Å²) in [5.74, 6) is -0.363. The molecule has 6 nitrogen and oxygen atoms in total. The molecule has 33 heavy (non-hydrogen) atoms. The van der Waals surface area contributed by atoms with Gasteiger partial charge in [-0.1, -0.05) is 36.4 Å². The Bertz CT molecular complexity index is 1140.